The second-order valence-electron chi connectivity index (χ2n) is 5.69. The highest BCUT2D eigenvalue weighted by atomic mass is 35.5. The molecule has 0 bridgehead atoms. The molecule has 6 heteroatoms. The fraction of sp³-hybridized carbons (Fsp3) is 0.600. The summed E-state index contributed by atoms with van der Waals surface area (Å²) in [5.74, 6) is 2.20. The topological polar surface area (TPSA) is 42.7 Å². The van der Waals surface area contributed by atoms with Crippen LogP contribution >= 0.6 is 22.9 Å². The molecule has 0 amide bonds. The fourth-order valence-electron chi connectivity index (χ4n) is 2.92. The van der Waals surface area contributed by atoms with Gasteiger partial charge in [-0.2, -0.15) is 0 Å². The summed E-state index contributed by atoms with van der Waals surface area (Å²) >= 11 is 7.65. The number of aryl methyl sites for hydroxylation is 1. The van der Waals surface area contributed by atoms with Crippen LogP contribution < -0.4 is 5.32 Å². The Labute approximate surface area is 134 Å². The SMILES string of the molecule is CC(NC(C)c1nnc2n1CCCCC2)c1ccc(Cl)s1. The Bertz CT molecular complexity index is 607. The van der Waals surface area contributed by atoms with Crippen LogP contribution in [0.2, 0.25) is 4.34 Å². The van der Waals surface area contributed by atoms with Gasteiger partial charge in [-0.15, -0.1) is 21.5 Å². The molecule has 3 heterocycles. The van der Waals surface area contributed by atoms with Gasteiger partial charge in [0.15, 0.2) is 0 Å². The summed E-state index contributed by atoms with van der Waals surface area (Å²) in [6.07, 6.45) is 4.79. The Kier molecular flexibility index (Phi) is 4.62. The van der Waals surface area contributed by atoms with Gasteiger partial charge in [0, 0.05) is 23.9 Å². The highest BCUT2D eigenvalue weighted by Crippen LogP contribution is 2.28. The summed E-state index contributed by atoms with van der Waals surface area (Å²) < 4.78 is 3.14. The maximum Gasteiger partial charge on any atom is 0.149 e. The number of thiophene rings is 1. The number of halogens is 1. The van der Waals surface area contributed by atoms with Crippen molar-refractivity contribution in [1.29, 1.82) is 0 Å². The van der Waals surface area contributed by atoms with E-state index in [2.05, 4.69) is 40.0 Å². The van der Waals surface area contributed by atoms with E-state index in [9.17, 15) is 0 Å². The van der Waals surface area contributed by atoms with Gasteiger partial charge in [-0.1, -0.05) is 18.0 Å². The summed E-state index contributed by atoms with van der Waals surface area (Å²) in [6.45, 7) is 5.37. The summed E-state index contributed by atoms with van der Waals surface area (Å²) in [5, 5.41) is 12.4. The Hall–Kier alpha value is -0.910. The van der Waals surface area contributed by atoms with Crippen molar-refractivity contribution in [1.82, 2.24) is 20.1 Å². The van der Waals surface area contributed by atoms with Crippen molar-refractivity contribution in [2.45, 2.75) is 58.2 Å². The van der Waals surface area contributed by atoms with Crippen LogP contribution in [0.1, 0.15) is 61.7 Å². The molecule has 0 saturated heterocycles. The molecule has 0 aromatic carbocycles. The van der Waals surface area contributed by atoms with E-state index in [0.717, 1.165) is 29.0 Å². The van der Waals surface area contributed by atoms with E-state index in [1.54, 1.807) is 11.3 Å². The number of aromatic nitrogens is 3. The van der Waals surface area contributed by atoms with Gasteiger partial charge in [-0.3, -0.25) is 0 Å². The van der Waals surface area contributed by atoms with Gasteiger partial charge < -0.3 is 9.88 Å². The Morgan fingerprint density at radius 3 is 2.81 bits per heavy atom. The maximum atomic E-state index is 6.02. The van der Waals surface area contributed by atoms with E-state index >= 15 is 0 Å². The molecule has 0 fully saturated rings. The third-order valence-electron chi connectivity index (χ3n) is 4.05. The zero-order valence-electron chi connectivity index (χ0n) is 12.5. The van der Waals surface area contributed by atoms with Crippen molar-refractivity contribution >= 4 is 22.9 Å². The molecule has 2 unspecified atom stereocenters. The van der Waals surface area contributed by atoms with Crippen LogP contribution in [0.15, 0.2) is 12.1 Å². The molecule has 0 aliphatic carbocycles. The number of nitrogens with one attached hydrogen (secondary N) is 1. The molecule has 114 valence electrons. The average molecular weight is 325 g/mol. The minimum Gasteiger partial charge on any atom is -0.314 e. The monoisotopic (exact) mass is 324 g/mol. The van der Waals surface area contributed by atoms with Gasteiger partial charge in [-0.05, 0) is 38.8 Å². The highest BCUT2D eigenvalue weighted by molar-refractivity contribution is 7.16. The Morgan fingerprint density at radius 1 is 1.19 bits per heavy atom. The molecular weight excluding hydrogens is 304 g/mol. The van der Waals surface area contributed by atoms with Crippen LogP contribution in [0.3, 0.4) is 0 Å². The predicted molar refractivity (Wildman–Crippen MR) is 86.9 cm³/mol. The molecule has 1 aliphatic rings. The second kappa shape index (κ2) is 6.46. The maximum absolute atomic E-state index is 6.02. The first-order valence-corrected chi connectivity index (χ1v) is 8.78. The van der Waals surface area contributed by atoms with Gasteiger partial charge in [-0.25, -0.2) is 0 Å². The zero-order chi connectivity index (χ0) is 14.8. The molecule has 3 rings (SSSR count). The lowest BCUT2D eigenvalue weighted by Gasteiger charge is -2.19. The normalized spacial score (nSPS) is 18.0. The summed E-state index contributed by atoms with van der Waals surface area (Å²) in [7, 11) is 0. The lowest BCUT2D eigenvalue weighted by molar-refractivity contribution is 0.457. The average Bonchev–Trinajstić information content (AvgIpc) is 2.99. The number of fused-ring (bicyclic) bond motifs is 1. The molecule has 0 radical (unpaired) electrons. The third-order valence-corrected chi connectivity index (χ3v) is 5.46. The van der Waals surface area contributed by atoms with E-state index in [4.69, 9.17) is 11.6 Å². The Balaban J connectivity index is 1.73. The van der Waals surface area contributed by atoms with Crippen molar-refractivity contribution < 1.29 is 0 Å². The molecule has 2 atom stereocenters. The van der Waals surface area contributed by atoms with Gasteiger partial charge in [0.1, 0.15) is 11.6 Å². The standard InChI is InChI=1S/C15H21ClN4S/c1-10(12-7-8-13(16)21-12)17-11(2)15-19-18-14-6-4-3-5-9-20(14)15/h7-8,10-11,17H,3-6,9H2,1-2H3. The van der Waals surface area contributed by atoms with Crippen LogP contribution in [0.5, 0.6) is 0 Å². The first-order chi connectivity index (χ1) is 10.1. The van der Waals surface area contributed by atoms with Crippen molar-refractivity contribution in [2.75, 3.05) is 0 Å². The number of hydrogen-bond donors (Lipinski definition) is 1. The minimum absolute atomic E-state index is 0.181. The zero-order valence-corrected chi connectivity index (χ0v) is 14.0. The van der Waals surface area contributed by atoms with Gasteiger partial charge in [0.05, 0.1) is 10.4 Å². The van der Waals surface area contributed by atoms with E-state index < -0.39 is 0 Å². The van der Waals surface area contributed by atoms with E-state index in [1.807, 2.05) is 6.07 Å². The summed E-state index contributed by atoms with van der Waals surface area (Å²) in [4.78, 5) is 1.25. The first-order valence-electron chi connectivity index (χ1n) is 7.58. The summed E-state index contributed by atoms with van der Waals surface area (Å²) in [6, 6.07) is 4.48. The Morgan fingerprint density at radius 2 is 2.05 bits per heavy atom. The van der Waals surface area contributed by atoms with Crippen molar-refractivity contribution in [2.24, 2.45) is 0 Å². The molecule has 4 nitrogen and oxygen atoms in total. The van der Waals surface area contributed by atoms with Crippen LogP contribution in [-0.4, -0.2) is 14.8 Å². The smallest absolute Gasteiger partial charge is 0.149 e. The van der Waals surface area contributed by atoms with Gasteiger partial charge >= 0.3 is 0 Å². The van der Waals surface area contributed by atoms with E-state index in [1.165, 1.54) is 24.1 Å². The van der Waals surface area contributed by atoms with Crippen LogP contribution in [0.25, 0.3) is 0 Å². The van der Waals surface area contributed by atoms with Crippen molar-refractivity contribution in [3.05, 3.63) is 33.0 Å². The molecule has 0 spiro atoms. The van der Waals surface area contributed by atoms with Crippen LogP contribution in [0, 0.1) is 0 Å². The van der Waals surface area contributed by atoms with Gasteiger partial charge in [0.25, 0.3) is 0 Å². The van der Waals surface area contributed by atoms with E-state index in [-0.39, 0.29) is 12.1 Å². The van der Waals surface area contributed by atoms with Crippen LogP contribution in [-0.2, 0) is 13.0 Å². The lowest BCUT2D eigenvalue weighted by Crippen LogP contribution is -2.25. The predicted octanol–water partition coefficient (Wildman–Crippen LogP) is 4.13. The number of nitrogens with zero attached hydrogens (tertiary/aromatic N) is 3. The van der Waals surface area contributed by atoms with Gasteiger partial charge in [0.2, 0.25) is 0 Å². The van der Waals surface area contributed by atoms with Crippen LogP contribution in [0.4, 0.5) is 0 Å². The molecule has 21 heavy (non-hydrogen) atoms. The molecule has 2 aromatic heterocycles. The molecule has 0 saturated carbocycles. The molecular formula is C15H21ClN4S. The quantitative estimate of drug-likeness (QED) is 0.919. The van der Waals surface area contributed by atoms with Crippen molar-refractivity contribution in [3.8, 4) is 0 Å². The largest absolute Gasteiger partial charge is 0.314 e. The third kappa shape index (κ3) is 3.30. The molecule has 1 aliphatic heterocycles. The summed E-state index contributed by atoms with van der Waals surface area (Å²) in [5.41, 5.74) is 0. The highest BCUT2D eigenvalue weighted by Gasteiger charge is 2.21. The first kappa shape index (κ1) is 15.0. The molecule has 2 aromatic rings. The minimum atomic E-state index is 0.181. The number of rotatable bonds is 4. The lowest BCUT2D eigenvalue weighted by atomic mass is 10.2. The van der Waals surface area contributed by atoms with Crippen molar-refractivity contribution in [3.63, 3.8) is 0 Å². The van der Waals surface area contributed by atoms with E-state index in [0.29, 0.717) is 0 Å². The fourth-order valence-corrected chi connectivity index (χ4v) is 3.99. The second-order valence-corrected chi connectivity index (χ2v) is 7.44. The number of hydrogen-bond acceptors (Lipinski definition) is 4. The molecule has 1 N–H and O–H groups in total.